The molecule has 0 radical (unpaired) electrons. The van der Waals surface area contributed by atoms with E-state index in [0.717, 1.165) is 25.9 Å². The molecular weight excluding hydrogens is 265 g/mol. The molecule has 0 saturated carbocycles. The van der Waals surface area contributed by atoms with Crippen molar-refractivity contribution in [1.29, 1.82) is 0 Å². The van der Waals surface area contributed by atoms with Crippen LogP contribution in [0.2, 0.25) is 5.02 Å². The highest BCUT2D eigenvalue weighted by Crippen LogP contribution is 2.26. The molecule has 2 nitrogen and oxygen atoms in total. The minimum atomic E-state index is 0.0508. The third-order valence-electron chi connectivity index (χ3n) is 2.84. The van der Waals surface area contributed by atoms with E-state index < -0.39 is 0 Å². The van der Waals surface area contributed by atoms with Crippen molar-refractivity contribution < 1.29 is 4.79 Å². The zero-order valence-electron chi connectivity index (χ0n) is 8.79. The number of carbonyl (C=O) groups is 1. The second kappa shape index (κ2) is 5.39. The van der Waals surface area contributed by atoms with Crippen molar-refractivity contribution >= 4 is 40.4 Å². The number of alkyl halides is 1. The van der Waals surface area contributed by atoms with Gasteiger partial charge in [0.25, 0.3) is 5.91 Å². The van der Waals surface area contributed by atoms with Crippen LogP contribution in [0.5, 0.6) is 0 Å². The molecule has 0 spiro atoms. The van der Waals surface area contributed by atoms with Gasteiger partial charge in [-0.2, -0.15) is 0 Å². The molecule has 2 rings (SSSR count). The molecule has 88 valence electrons. The fourth-order valence-electron chi connectivity index (χ4n) is 1.97. The summed E-state index contributed by atoms with van der Waals surface area (Å²) in [4.78, 5) is 14.7. The van der Waals surface area contributed by atoms with E-state index >= 15 is 0 Å². The van der Waals surface area contributed by atoms with E-state index in [2.05, 4.69) is 0 Å². The Morgan fingerprint density at radius 3 is 3.06 bits per heavy atom. The summed E-state index contributed by atoms with van der Waals surface area (Å²) < 4.78 is 0. The number of rotatable bonds is 2. The van der Waals surface area contributed by atoms with E-state index in [-0.39, 0.29) is 5.91 Å². The maximum absolute atomic E-state index is 12.2. The number of hydrogen-bond acceptors (Lipinski definition) is 2. The maximum Gasteiger partial charge on any atom is 0.265 e. The lowest BCUT2D eigenvalue weighted by atomic mass is 10.00. The lowest BCUT2D eigenvalue weighted by molar-refractivity contribution is 0.0690. The Balaban J connectivity index is 2.07. The van der Waals surface area contributed by atoms with Crippen molar-refractivity contribution in [2.75, 3.05) is 19.0 Å². The van der Waals surface area contributed by atoms with Crippen LogP contribution in [0.1, 0.15) is 22.5 Å². The molecule has 0 aliphatic carbocycles. The molecular formula is C11H13Cl2NOS. The van der Waals surface area contributed by atoms with Gasteiger partial charge in [-0.3, -0.25) is 4.79 Å². The number of carbonyl (C=O) groups excluding carboxylic acids is 1. The van der Waals surface area contributed by atoms with Crippen molar-refractivity contribution in [3.8, 4) is 0 Å². The summed E-state index contributed by atoms with van der Waals surface area (Å²) in [5, 5.41) is 2.40. The Morgan fingerprint density at radius 1 is 1.62 bits per heavy atom. The maximum atomic E-state index is 12.2. The normalized spacial score (nSPS) is 21.1. The Hall–Kier alpha value is -0.250. The van der Waals surface area contributed by atoms with Gasteiger partial charge in [-0.25, -0.2) is 0 Å². The predicted octanol–water partition coefficient (Wildman–Crippen LogP) is 3.49. The minimum absolute atomic E-state index is 0.0508. The smallest absolute Gasteiger partial charge is 0.265 e. The number of hydrogen-bond donors (Lipinski definition) is 0. The molecule has 1 aromatic heterocycles. The lowest BCUT2D eigenvalue weighted by Gasteiger charge is -2.31. The summed E-state index contributed by atoms with van der Waals surface area (Å²) in [5.41, 5.74) is 0. The van der Waals surface area contributed by atoms with Crippen molar-refractivity contribution in [3.63, 3.8) is 0 Å². The average Bonchev–Trinajstić information content (AvgIpc) is 2.74. The Labute approximate surface area is 109 Å². The molecule has 0 N–H and O–H groups in total. The summed E-state index contributed by atoms with van der Waals surface area (Å²) in [6.45, 7) is 1.58. The van der Waals surface area contributed by atoms with E-state index in [1.807, 2.05) is 10.3 Å². The number of amides is 1. The Morgan fingerprint density at radius 2 is 2.44 bits per heavy atom. The van der Waals surface area contributed by atoms with Gasteiger partial charge in [-0.15, -0.1) is 22.9 Å². The van der Waals surface area contributed by atoms with Gasteiger partial charge in [0.05, 0.1) is 5.02 Å². The zero-order valence-corrected chi connectivity index (χ0v) is 11.1. The molecule has 16 heavy (non-hydrogen) atoms. The third kappa shape index (κ3) is 2.53. The summed E-state index contributed by atoms with van der Waals surface area (Å²) in [6.07, 6.45) is 2.15. The van der Waals surface area contributed by atoms with Crippen LogP contribution in [0.25, 0.3) is 0 Å². The molecule has 0 bridgehead atoms. The SMILES string of the molecule is O=C(c1sccc1Cl)N1CCCC(CCl)C1. The molecule has 1 aromatic rings. The van der Waals surface area contributed by atoms with Crippen molar-refractivity contribution in [2.45, 2.75) is 12.8 Å². The van der Waals surface area contributed by atoms with Gasteiger partial charge in [-0.05, 0) is 30.2 Å². The lowest BCUT2D eigenvalue weighted by Crippen LogP contribution is -2.40. The highest BCUT2D eigenvalue weighted by Gasteiger charge is 2.25. The van der Waals surface area contributed by atoms with Gasteiger partial charge in [-0.1, -0.05) is 11.6 Å². The van der Waals surface area contributed by atoms with Gasteiger partial charge in [0.2, 0.25) is 0 Å². The van der Waals surface area contributed by atoms with Crippen molar-refractivity contribution in [2.24, 2.45) is 5.92 Å². The van der Waals surface area contributed by atoms with Crippen LogP contribution in [0.3, 0.4) is 0 Å². The van der Waals surface area contributed by atoms with Crippen LogP contribution < -0.4 is 0 Å². The average molecular weight is 278 g/mol. The number of halogens is 2. The molecule has 0 aromatic carbocycles. The first-order valence-corrected chi connectivity index (χ1v) is 7.10. The summed E-state index contributed by atoms with van der Waals surface area (Å²) >= 11 is 13.2. The van der Waals surface area contributed by atoms with Crippen LogP contribution in [0.4, 0.5) is 0 Å². The van der Waals surface area contributed by atoms with E-state index in [0.29, 0.717) is 21.7 Å². The molecule has 1 atom stereocenters. The van der Waals surface area contributed by atoms with Gasteiger partial charge >= 0.3 is 0 Å². The minimum Gasteiger partial charge on any atom is -0.338 e. The number of piperidine rings is 1. The van der Waals surface area contributed by atoms with Crippen molar-refractivity contribution in [3.05, 3.63) is 21.3 Å². The first-order valence-electron chi connectivity index (χ1n) is 5.30. The van der Waals surface area contributed by atoms with Crippen LogP contribution in [-0.4, -0.2) is 29.8 Å². The molecule has 1 aliphatic rings. The molecule has 1 amide bonds. The first kappa shape index (κ1) is 12.2. The quantitative estimate of drug-likeness (QED) is 0.758. The molecule has 1 fully saturated rings. The second-order valence-electron chi connectivity index (χ2n) is 4.01. The first-order chi connectivity index (χ1) is 7.72. The summed E-state index contributed by atoms with van der Waals surface area (Å²) in [5.74, 6) is 1.11. The number of thiophene rings is 1. The molecule has 2 heterocycles. The fourth-order valence-corrected chi connectivity index (χ4v) is 3.32. The third-order valence-corrected chi connectivity index (χ3v) is 4.60. The van der Waals surface area contributed by atoms with Crippen LogP contribution in [-0.2, 0) is 0 Å². The van der Waals surface area contributed by atoms with Crippen molar-refractivity contribution in [1.82, 2.24) is 4.90 Å². The van der Waals surface area contributed by atoms with Gasteiger partial charge < -0.3 is 4.90 Å². The molecule has 1 aliphatic heterocycles. The second-order valence-corrected chi connectivity index (χ2v) is 5.64. The van der Waals surface area contributed by atoms with Gasteiger partial charge in [0.1, 0.15) is 4.88 Å². The molecule has 5 heteroatoms. The summed E-state index contributed by atoms with van der Waals surface area (Å²) in [7, 11) is 0. The van der Waals surface area contributed by atoms with E-state index in [1.165, 1.54) is 11.3 Å². The van der Waals surface area contributed by atoms with E-state index in [1.54, 1.807) is 6.07 Å². The number of likely N-dealkylation sites (tertiary alicyclic amines) is 1. The van der Waals surface area contributed by atoms with Crippen LogP contribution >= 0.6 is 34.5 Å². The Bertz CT molecular complexity index is 380. The van der Waals surface area contributed by atoms with E-state index in [9.17, 15) is 4.79 Å². The van der Waals surface area contributed by atoms with Crippen LogP contribution in [0, 0.1) is 5.92 Å². The standard InChI is InChI=1S/C11H13Cl2NOS/c12-6-8-2-1-4-14(7-8)11(15)10-9(13)3-5-16-10/h3,5,8H,1-2,4,6-7H2. The topological polar surface area (TPSA) is 20.3 Å². The monoisotopic (exact) mass is 277 g/mol. The zero-order chi connectivity index (χ0) is 11.5. The highest BCUT2D eigenvalue weighted by atomic mass is 35.5. The molecule has 1 saturated heterocycles. The van der Waals surface area contributed by atoms with Crippen LogP contribution in [0.15, 0.2) is 11.4 Å². The number of nitrogens with zero attached hydrogens (tertiary/aromatic N) is 1. The fraction of sp³-hybridized carbons (Fsp3) is 0.545. The van der Waals surface area contributed by atoms with Gasteiger partial charge in [0, 0.05) is 19.0 Å². The predicted molar refractivity (Wildman–Crippen MR) is 68.7 cm³/mol. The summed E-state index contributed by atoms with van der Waals surface area (Å²) in [6, 6.07) is 1.77. The largest absolute Gasteiger partial charge is 0.338 e. The Kier molecular flexibility index (Phi) is 4.11. The van der Waals surface area contributed by atoms with Gasteiger partial charge in [0.15, 0.2) is 0 Å². The highest BCUT2D eigenvalue weighted by molar-refractivity contribution is 7.12. The van der Waals surface area contributed by atoms with E-state index in [4.69, 9.17) is 23.2 Å². The molecule has 1 unspecified atom stereocenters.